The molecular formula is C32H56O9. The predicted molar refractivity (Wildman–Crippen MR) is 155 cm³/mol. The minimum absolute atomic E-state index is 0.0191. The van der Waals surface area contributed by atoms with Gasteiger partial charge in [0.1, 0.15) is 18.3 Å². The average molecular weight is 585 g/mol. The Kier molecular flexibility index (Phi) is 15.1. The molecule has 0 bridgehead atoms. The third kappa shape index (κ3) is 12.6. The number of cyclic esters (lactones) is 2. The van der Waals surface area contributed by atoms with Crippen LogP contribution in [0.4, 0.5) is 0 Å². The number of ether oxygens (including phenoxy) is 5. The summed E-state index contributed by atoms with van der Waals surface area (Å²) < 4.78 is 27.8. The second-order valence-electron chi connectivity index (χ2n) is 13.2. The highest BCUT2D eigenvalue weighted by molar-refractivity contribution is 5.75. The molecule has 0 amide bonds. The van der Waals surface area contributed by atoms with Crippen LogP contribution in [0.2, 0.25) is 0 Å². The smallest absolute Gasteiger partial charge is 0.311 e. The molecule has 3 fully saturated rings. The molecule has 0 spiro atoms. The van der Waals surface area contributed by atoms with Crippen LogP contribution >= 0.6 is 0 Å². The van der Waals surface area contributed by atoms with Crippen molar-refractivity contribution in [2.24, 2.45) is 41.4 Å². The van der Waals surface area contributed by atoms with Crippen molar-refractivity contribution in [3.63, 3.8) is 0 Å². The zero-order valence-electron chi connectivity index (χ0n) is 26.6. The van der Waals surface area contributed by atoms with Crippen LogP contribution < -0.4 is 0 Å². The van der Waals surface area contributed by atoms with Crippen LogP contribution in [0.15, 0.2) is 0 Å². The van der Waals surface area contributed by atoms with Crippen molar-refractivity contribution in [3.05, 3.63) is 0 Å². The molecule has 2 heterocycles. The van der Waals surface area contributed by atoms with Crippen molar-refractivity contribution in [1.29, 1.82) is 0 Å². The van der Waals surface area contributed by atoms with Crippen LogP contribution in [0.25, 0.3) is 0 Å². The first-order valence-corrected chi connectivity index (χ1v) is 15.7. The van der Waals surface area contributed by atoms with E-state index in [4.69, 9.17) is 23.7 Å². The molecule has 3 rings (SSSR count). The summed E-state index contributed by atoms with van der Waals surface area (Å²) in [7, 11) is 0. The normalized spacial score (nSPS) is 33.5. The topological polar surface area (TPSA) is 118 Å². The van der Waals surface area contributed by atoms with E-state index in [1.54, 1.807) is 13.8 Å². The highest BCUT2D eigenvalue weighted by atomic mass is 16.6. The number of esters is 3. The molecule has 2 saturated heterocycles. The minimum atomic E-state index is -0.558. The second-order valence-corrected chi connectivity index (χ2v) is 13.2. The van der Waals surface area contributed by atoms with E-state index in [0.29, 0.717) is 31.7 Å². The van der Waals surface area contributed by atoms with Crippen molar-refractivity contribution in [1.82, 2.24) is 0 Å². The van der Waals surface area contributed by atoms with Gasteiger partial charge in [0.25, 0.3) is 0 Å². The molecule has 9 heteroatoms. The maximum atomic E-state index is 12.1. The summed E-state index contributed by atoms with van der Waals surface area (Å²) in [5.74, 6) is -0.0187. The Labute approximate surface area is 247 Å². The van der Waals surface area contributed by atoms with E-state index >= 15 is 0 Å². The van der Waals surface area contributed by atoms with Crippen LogP contribution in [-0.4, -0.2) is 73.9 Å². The van der Waals surface area contributed by atoms with Gasteiger partial charge in [0.2, 0.25) is 0 Å². The molecule has 1 saturated carbocycles. The fraction of sp³-hybridized carbons (Fsp3) is 0.906. The van der Waals surface area contributed by atoms with Crippen molar-refractivity contribution in [3.8, 4) is 0 Å². The minimum Gasteiger partial charge on any atom is -0.462 e. The Morgan fingerprint density at radius 3 is 1.73 bits per heavy atom. The maximum Gasteiger partial charge on any atom is 0.311 e. The fourth-order valence-corrected chi connectivity index (χ4v) is 5.08. The first kappa shape index (κ1) is 35.5. The quantitative estimate of drug-likeness (QED) is 0.312. The summed E-state index contributed by atoms with van der Waals surface area (Å²) in [5, 5.41) is 10.1. The Morgan fingerprint density at radius 1 is 0.780 bits per heavy atom. The molecule has 9 nitrogen and oxygen atoms in total. The summed E-state index contributed by atoms with van der Waals surface area (Å²) in [4.78, 5) is 35.9. The van der Waals surface area contributed by atoms with Gasteiger partial charge >= 0.3 is 17.9 Å². The molecule has 0 aromatic carbocycles. The molecule has 0 aromatic heterocycles. The lowest BCUT2D eigenvalue weighted by atomic mass is 9.89. The lowest BCUT2D eigenvalue weighted by molar-refractivity contribution is -0.164. The molecule has 1 N–H and O–H groups in total. The largest absolute Gasteiger partial charge is 0.462 e. The van der Waals surface area contributed by atoms with E-state index < -0.39 is 6.10 Å². The van der Waals surface area contributed by atoms with Crippen LogP contribution in [0, 0.1) is 41.4 Å². The van der Waals surface area contributed by atoms with Crippen molar-refractivity contribution >= 4 is 17.9 Å². The SMILES string of the molecule is CC(C)CC[C@H]1[C@H](C)OC(=O)[C@@H](C)COC[C@@H]1O.CC(C)CC[C@H]1[C@H](C)OC(=O)[C@@H](C)COC[C@@H]1OC(=O)C1CC1. The summed E-state index contributed by atoms with van der Waals surface area (Å²) in [5.41, 5.74) is 0. The predicted octanol–water partition coefficient (Wildman–Crippen LogP) is 4.96. The number of carbonyl (C=O) groups excluding carboxylic acids is 3. The zero-order chi connectivity index (χ0) is 30.7. The molecule has 0 radical (unpaired) electrons. The van der Waals surface area contributed by atoms with Crippen LogP contribution in [0.1, 0.15) is 93.9 Å². The van der Waals surface area contributed by atoms with E-state index in [0.717, 1.165) is 38.5 Å². The van der Waals surface area contributed by atoms with E-state index in [1.807, 2.05) is 13.8 Å². The summed E-state index contributed by atoms with van der Waals surface area (Å²) in [6.45, 7) is 17.2. The van der Waals surface area contributed by atoms with Gasteiger partial charge < -0.3 is 28.8 Å². The van der Waals surface area contributed by atoms with Crippen molar-refractivity contribution in [2.45, 2.75) is 118 Å². The molecule has 3 aliphatic rings. The molecule has 1 aliphatic carbocycles. The van der Waals surface area contributed by atoms with E-state index in [1.165, 1.54) is 0 Å². The number of carbonyl (C=O) groups is 3. The van der Waals surface area contributed by atoms with Gasteiger partial charge in [-0.05, 0) is 65.2 Å². The summed E-state index contributed by atoms with van der Waals surface area (Å²) in [6.07, 6.45) is 4.13. The van der Waals surface area contributed by atoms with E-state index in [2.05, 4.69) is 27.7 Å². The molecule has 0 aromatic rings. The third-order valence-electron chi connectivity index (χ3n) is 8.23. The standard InChI is InChI=1S/C18H30O5.C14H26O4/c1-11(2)5-8-15-13(4)22-17(19)12(3)9-21-10-16(15)23-18(20)14-6-7-14;1-9(2)5-6-12-11(4)18-14(16)10(3)7-17-8-13(12)15/h11-16H,5-10H2,1-4H3;9-13,15H,5-8H2,1-4H3/t12-,13-,15-,16-;10-,11-,12-,13-/m00/s1. The fourth-order valence-electron chi connectivity index (χ4n) is 5.08. The first-order valence-electron chi connectivity index (χ1n) is 15.7. The molecular weight excluding hydrogens is 528 g/mol. The van der Waals surface area contributed by atoms with Gasteiger partial charge in [-0.2, -0.15) is 0 Å². The third-order valence-corrected chi connectivity index (χ3v) is 8.23. The average Bonchev–Trinajstić information content (AvgIpc) is 3.73. The number of aliphatic hydroxyl groups excluding tert-OH is 1. The van der Waals surface area contributed by atoms with Crippen LogP contribution in [-0.2, 0) is 38.1 Å². The number of hydrogen-bond donors (Lipinski definition) is 1. The summed E-state index contributed by atoms with van der Waals surface area (Å²) in [6, 6.07) is 0. The van der Waals surface area contributed by atoms with Gasteiger partial charge in [0, 0.05) is 11.8 Å². The van der Waals surface area contributed by atoms with Crippen molar-refractivity contribution < 1.29 is 43.2 Å². The van der Waals surface area contributed by atoms with Crippen LogP contribution in [0.5, 0.6) is 0 Å². The molecule has 238 valence electrons. The monoisotopic (exact) mass is 584 g/mol. The lowest BCUT2D eigenvalue weighted by Gasteiger charge is -2.30. The Bertz CT molecular complexity index is 809. The van der Waals surface area contributed by atoms with Gasteiger partial charge in [-0.25, -0.2) is 0 Å². The molecule has 41 heavy (non-hydrogen) atoms. The first-order chi connectivity index (χ1) is 19.3. The van der Waals surface area contributed by atoms with Gasteiger partial charge in [-0.1, -0.05) is 40.5 Å². The van der Waals surface area contributed by atoms with Gasteiger partial charge in [0.15, 0.2) is 0 Å². The second kappa shape index (κ2) is 17.4. The number of aliphatic hydroxyl groups is 1. The van der Waals surface area contributed by atoms with E-state index in [9.17, 15) is 19.5 Å². The Hall–Kier alpha value is -1.71. The number of rotatable bonds is 8. The lowest BCUT2D eigenvalue weighted by Crippen LogP contribution is -2.39. The Morgan fingerprint density at radius 2 is 1.24 bits per heavy atom. The van der Waals surface area contributed by atoms with Gasteiger partial charge in [-0.15, -0.1) is 0 Å². The van der Waals surface area contributed by atoms with E-state index in [-0.39, 0.29) is 72.4 Å². The molecule has 8 atom stereocenters. The molecule has 0 unspecified atom stereocenters. The van der Waals surface area contributed by atoms with Gasteiger partial charge in [-0.3, -0.25) is 14.4 Å². The van der Waals surface area contributed by atoms with Crippen molar-refractivity contribution in [2.75, 3.05) is 26.4 Å². The Balaban J connectivity index is 0.000000296. The maximum absolute atomic E-state index is 12.1. The zero-order valence-corrected chi connectivity index (χ0v) is 26.6. The summed E-state index contributed by atoms with van der Waals surface area (Å²) >= 11 is 0. The highest BCUT2D eigenvalue weighted by Crippen LogP contribution is 2.33. The highest BCUT2D eigenvalue weighted by Gasteiger charge is 2.39. The number of hydrogen-bond acceptors (Lipinski definition) is 9. The molecule has 2 aliphatic heterocycles. The van der Waals surface area contributed by atoms with Crippen LogP contribution in [0.3, 0.4) is 0 Å². The van der Waals surface area contributed by atoms with Gasteiger partial charge in [0.05, 0.1) is 50.3 Å².